The van der Waals surface area contributed by atoms with Crippen molar-refractivity contribution in [2.45, 2.75) is 31.6 Å². The van der Waals surface area contributed by atoms with E-state index in [0.717, 1.165) is 17.4 Å². The monoisotopic (exact) mass is 317 g/mol. The van der Waals surface area contributed by atoms with Gasteiger partial charge in [0.25, 0.3) is 0 Å². The van der Waals surface area contributed by atoms with Crippen molar-refractivity contribution in [3.05, 3.63) is 34.3 Å². The van der Waals surface area contributed by atoms with E-state index in [4.69, 9.17) is 0 Å². The zero-order valence-electron chi connectivity index (χ0n) is 10.6. The van der Waals surface area contributed by atoms with Crippen molar-refractivity contribution in [3.63, 3.8) is 0 Å². The highest BCUT2D eigenvalue weighted by atomic mass is 79.9. The Morgan fingerprint density at radius 1 is 1.35 bits per heavy atom. The Morgan fingerprint density at radius 2 is 1.94 bits per heavy atom. The molecule has 96 valence electrons. The molecule has 0 heterocycles. The van der Waals surface area contributed by atoms with Crippen molar-refractivity contribution in [2.75, 3.05) is 12.8 Å². The van der Waals surface area contributed by atoms with Crippen molar-refractivity contribution in [3.8, 4) is 0 Å². The minimum Gasteiger partial charge on any atom is -0.309 e. The van der Waals surface area contributed by atoms with Gasteiger partial charge in [0.1, 0.15) is 0 Å². The third kappa shape index (κ3) is 4.90. The predicted octanol–water partition coefficient (Wildman–Crippen LogP) is 3.26. The molecule has 1 aromatic rings. The lowest BCUT2D eigenvalue weighted by molar-refractivity contribution is 0.518. The van der Waals surface area contributed by atoms with Crippen molar-refractivity contribution >= 4 is 26.7 Å². The van der Waals surface area contributed by atoms with Crippen LogP contribution in [-0.4, -0.2) is 22.3 Å². The van der Waals surface area contributed by atoms with Crippen LogP contribution in [0.5, 0.6) is 0 Å². The van der Waals surface area contributed by atoms with E-state index in [1.807, 2.05) is 6.92 Å². The van der Waals surface area contributed by atoms with Crippen molar-refractivity contribution < 1.29 is 4.21 Å². The normalized spacial score (nSPS) is 16.5. The van der Waals surface area contributed by atoms with Gasteiger partial charge in [0.15, 0.2) is 0 Å². The van der Waals surface area contributed by atoms with Gasteiger partial charge in [-0.25, -0.2) is 0 Å². The molecule has 1 rings (SSSR count). The second-order valence-corrected chi connectivity index (χ2v) is 6.95. The average molecular weight is 318 g/mol. The average Bonchev–Trinajstić information content (AvgIpc) is 2.31. The van der Waals surface area contributed by atoms with Gasteiger partial charge in [0.05, 0.1) is 0 Å². The number of hydrogen-bond donors (Lipinski definition) is 1. The molecule has 1 aromatic carbocycles. The fourth-order valence-corrected chi connectivity index (χ4v) is 2.21. The fourth-order valence-electron chi connectivity index (χ4n) is 1.62. The first kappa shape index (κ1) is 14.9. The first-order chi connectivity index (χ1) is 8.04. The Balaban J connectivity index is 2.60. The van der Waals surface area contributed by atoms with Gasteiger partial charge in [-0.05, 0) is 31.0 Å². The molecule has 17 heavy (non-hydrogen) atoms. The number of nitrogens with one attached hydrogen (secondary N) is 1. The van der Waals surface area contributed by atoms with Crippen LogP contribution in [0.4, 0.5) is 0 Å². The summed E-state index contributed by atoms with van der Waals surface area (Å²) in [5.41, 5.74) is 1.28. The number of rotatable bonds is 6. The second kappa shape index (κ2) is 7.29. The smallest absolute Gasteiger partial charge is 0.0441 e. The lowest BCUT2D eigenvalue weighted by Crippen LogP contribution is -2.30. The van der Waals surface area contributed by atoms with Gasteiger partial charge in [-0.1, -0.05) is 35.0 Å². The van der Waals surface area contributed by atoms with Crippen LogP contribution >= 0.6 is 15.9 Å². The van der Waals surface area contributed by atoms with E-state index in [0.29, 0.717) is 6.04 Å². The number of hydrogen-bond acceptors (Lipinski definition) is 2. The molecule has 0 aliphatic carbocycles. The highest BCUT2D eigenvalue weighted by Gasteiger charge is 2.12. The minimum atomic E-state index is -0.759. The van der Waals surface area contributed by atoms with Gasteiger partial charge in [-0.2, -0.15) is 0 Å². The van der Waals surface area contributed by atoms with Crippen molar-refractivity contribution in [2.24, 2.45) is 0 Å². The summed E-state index contributed by atoms with van der Waals surface area (Å²) in [7, 11) is -0.759. The summed E-state index contributed by atoms with van der Waals surface area (Å²) in [5.74, 6) is 0. The maximum absolute atomic E-state index is 11.3. The molecule has 0 spiro atoms. The van der Waals surface area contributed by atoms with E-state index >= 15 is 0 Å². The van der Waals surface area contributed by atoms with Gasteiger partial charge in [-0.3, -0.25) is 4.21 Å². The van der Waals surface area contributed by atoms with Crippen molar-refractivity contribution in [1.29, 1.82) is 0 Å². The Kier molecular flexibility index (Phi) is 6.38. The molecule has 2 nitrogen and oxygen atoms in total. The Morgan fingerprint density at radius 3 is 2.41 bits per heavy atom. The third-order valence-electron chi connectivity index (χ3n) is 2.90. The molecule has 0 saturated carbocycles. The molecule has 3 unspecified atom stereocenters. The molecule has 1 N–H and O–H groups in total. The van der Waals surface area contributed by atoms with Crippen LogP contribution in [0.15, 0.2) is 28.7 Å². The maximum Gasteiger partial charge on any atom is 0.0441 e. The molecule has 0 radical (unpaired) electrons. The molecular weight excluding hydrogens is 298 g/mol. The zero-order valence-corrected chi connectivity index (χ0v) is 13.0. The van der Waals surface area contributed by atoms with E-state index in [1.54, 1.807) is 6.26 Å². The van der Waals surface area contributed by atoms with Crippen LogP contribution in [-0.2, 0) is 10.8 Å². The lowest BCUT2D eigenvalue weighted by atomic mass is 10.0. The highest BCUT2D eigenvalue weighted by Crippen LogP contribution is 2.19. The zero-order chi connectivity index (χ0) is 12.8. The second-order valence-electron chi connectivity index (χ2n) is 4.23. The molecule has 3 atom stereocenters. The van der Waals surface area contributed by atoms with Crippen LogP contribution in [0, 0.1) is 0 Å². The molecule has 0 bridgehead atoms. The molecule has 0 amide bonds. The molecular formula is C13H20BrNOS. The molecule has 0 saturated heterocycles. The standard InChI is InChI=1S/C13H20BrNOS/c1-4-13(15-9-10(2)17(3)16)11-5-7-12(14)8-6-11/h5-8,10,13,15H,4,9H2,1-3H3. The van der Waals surface area contributed by atoms with Crippen LogP contribution in [0.1, 0.15) is 31.9 Å². The molecule has 0 fully saturated rings. The van der Waals surface area contributed by atoms with E-state index in [9.17, 15) is 4.21 Å². The Hall–Kier alpha value is -0.190. The third-order valence-corrected chi connectivity index (χ3v) is 4.73. The summed E-state index contributed by atoms with van der Waals surface area (Å²) in [6.07, 6.45) is 2.79. The lowest BCUT2D eigenvalue weighted by Gasteiger charge is -2.19. The Bertz CT molecular complexity index is 366. The van der Waals surface area contributed by atoms with Gasteiger partial charge < -0.3 is 5.32 Å². The van der Waals surface area contributed by atoms with Crippen LogP contribution < -0.4 is 5.32 Å². The van der Waals surface area contributed by atoms with Gasteiger partial charge in [0.2, 0.25) is 0 Å². The van der Waals surface area contributed by atoms with E-state index < -0.39 is 10.8 Å². The minimum absolute atomic E-state index is 0.194. The molecule has 0 aliphatic heterocycles. The van der Waals surface area contributed by atoms with Crippen LogP contribution in [0.2, 0.25) is 0 Å². The highest BCUT2D eigenvalue weighted by molar-refractivity contribution is 9.10. The first-order valence-corrected chi connectivity index (χ1v) is 8.27. The predicted molar refractivity (Wildman–Crippen MR) is 78.7 cm³/mol. The topological polar surface area (TPSA) is 29.1 Å². The molecule has 4 heteroatoms. The van der Waals surface area contributed by atoms with Crippen LogP contribution in [0.3, 0.4) is 0 Å². The summed E-state index contributed by atoms with van der Waals surface area (Å²) in [4.78, 5) is 0. The summed E-state index contributed by atoms with van der Waals surface area (Å²) in [6.45, 7) is 4.96. The maximum atomic E-state index is 11.3. The quantitative estimate of drug-likeness (QED) is 0.872. The largest absolute Gasteiger partial charge is 0.309 e. The fraction of sp³-hybridized carbons (Fsp3) is 0.538. The number of benzene rings is 1. The van der Waals surface area contributed by atoms with E-state index in [-0.39, 0.29) is 5.25 Å². The SMILES string of the molecule is CCC(NCC(C)S(C)=O)c1ccc(Br)cc1. The van der Waals surface area contributed by atoms with Crippen molar-refractivity contribution in [1.82, 2.24) is 5.32 Å². The van der Waals surface area contributed by atoms with Gasteiger partial charge in [-0.15, -0.1) is 0 Å². The summed E-state index contributed by atoms with van der Waals surface area (Å²) in [5, 5.41) is 3.67. The van der Waals surface area contributed by atoms with Crippen LogP contribution in [0.25, 0.3) is 0 Å². The summed E-state index contributed by atoms with van der Waals surface area (Å²) >= 11 is 3.44. The van der Waals surface area contributed by atoms with Gasteiger partial charge in [0, 0.05) is 39.4 Å². The first-order valence-electron chi connectivity index (χ1n) is 5.85. The summed E-state index contributed by atoms with van der Waals surface area (Å²) in [6, 6.07) is 8.70. The van der Waals surface area contributed by atoms with E-state index in [2.05, 4.69) is 52.4 Å². The Labute approximate surface area is 115 Å². The van der Waals surface area contributed by atoms with E-state index in [1.165, 1.54) is 5.56 Å². The molecule has 0 aliphatic rings. The molecule has 0 aromatic heterocycles. The van der Waals surface area contributed by atoms with Gasteiger partial charge >= 0.3 is 0 Å². The summed E-state index contributed by atoms with van der Waals surface area (Å²) < 4.78 is 12.4. The number of halogens is 1.